The van der Waals surface area contributed by atoms with Gasteiger partial charge >= 0.3 is 0 Å². The molecule has 0 unspecified atom stereocenters. The summed E-state index contributed by atoms with van der Waals surface area (Å²) < 4.78 is 28.1. The molecule has 0 saturated heterocycles. The Morgan fingerprint density at radius 3 is 2.83 bits per heavy atom. The van der Waals surface area contributed by atoms with Crippen molar-refractivity contribution in [3.8, 4) is 0 Å². The molecule has 0 fully saturated rings. The van der Waals surface area contributed by atoms with E-state index >= 15 is 0 Å². The molecular formula is C13H15F2N3. The second-order valence-corrected chi connectivity index (χ2v) is 4.11. The molecule has 0 radical (unpaired) electrons. The van der Waals surface area contributed by atoms with E-state index in [2.05, 4.69) is 10.4 Å². The molecule has 0 saturated carbocycles. The first kappa shape index (κ1) is 12.5. The highest BCUT2D eigenvalue weighted by atomic mass is 19.1. The molecule has 0 aliphatic rings. The number of halogens is 2. The van der Waals surface area contributed by atoms with Crippen LogP contribution in [0, 0.1) is 11.6 Å². The van der Waals surface area contributed by atoms with Gasteiger partial charge in [-0.2, -0.15) is 5.10 Å². The van der Waals surface area contributed by atoms with Crippen LogP contribution < -0.4 is 5.32 Å². The number of hydrogen-bond acceptors (Lipinski definition) is 2. The van der Waals surface area contributed by atoms with Crippen molar-refractivity contribution < 1.29 is 8.78 Å². The fourth-order valence-corrected chi connectivity index (χ4v) is 1.85. The first-order valence-corrected chi connectivity index (χ1v) is 5.80. The Bertz CT molecular complexity index is 549. The summed E-state index contributed by atoms with van der Waals surface area (Å²) in [5, 5.41) is 7.18. The van der Waals surface area contributed by atoms with E-state index in [-0.39, 0.29) is 5.69 Å². The van der Waals surface area contributed by atoms with Gasteiger partial charge in [-0.15, -0.1) is 0 Å². The Labute approximate surface area is 104 Å². The van der Waals surface area contributed by atoms with Gasteiger partial charge in [-0.1, -0.05) is 6.92 Å². The van der Waals surface area contributed by atoms with Gasteiger partial charge in [0.2, 0.25) is 0 Å². The van der Waals surface area contributed by atoms with Crippen LogP contribution in [-0.4, -0.2) is 9.78 Å². The van der Waals surface area contributed by atoms with Crippen LogP contribution in [0.5, 0.6) is 0 Å². The minimum absolute atomic E-state index is 0.168. The van der Waals surface area contributed by atoms with Crippen molar-refractivity contribution in [1.82, 2.24) is 9.78 Å². The number of anilines is 1. The maximum atomic E-state index is 13.4. The Morgan fingerprint density at radius 1 is 1.33 bits per heavy atom. The van der Waals surface area contributed by atoms with Crippen LogP contribution in [0.15, 0.2) is 24.4 Å². The summed E-state index contributed by atoms with van der Waals surface area (Å²) in [6.07, 6.45) is 2.69. The van der Waals surface area contributed by atoms with Crippen LogP contribution in [0.25, 0.3) is 0 Å². The van der Waals surface area contributed by atoms with Crippen molar-refractivity contribution in [3.63, 3.8) is 0 Å². The largest absolute Gasteiger partial charge is 0.378 e. The summed E-state index contributed by atoms with van der Waals surface area (Å²) in [7, 11) is 1.84. The van der Waals surface area contributed by atoms with E-state index < -0.39 is 11.6 Å². The molecule has 0 aliphatic carbocycles. The number of benzene rings is 1. The molecule has 96 valence electrons. The molecule has 18 heavy (non-hydrogen) atoms. The monoisotopic (exact) mass is 251 g/mol. The normalized spacial score (nSPS) is 10.7. The van der Waals surface area contributed by atoms with E-state index in [1.165, 1.54) is 0 Å². The number of nitrogens with one attached hydrogen (secondary N) is 1. The third-order valence-corrected chi connectivity index (χ3v) is 2.72. The highest BCUT2D eigenvalue weighted by molar-refractivity contribution is 5.45. The summed E-state index contributed by atoms with van der Waals surface area (Å²) in [6, 6.07) is 3.36. The lowest BCUT2D eigenvalue weighted by atomic mass is 10.2. The van der Waals surface area contributed by atoms with Crippen molar-refractivity contribution in [2.75, 3.05) is 5.32 Å². The van der Waals surface area contributed by atoms with Gasteiger partial charge in [0.15, 0.2) is 0 Å². The van der Waals surface area contributed by atoms with Gasteiger partial charge in [-0.3, -0.25) is 4.68 Å². The molecule has 1 aromatic carbocycles. The van der Waals surface area contributed by atoms with E-state index in [9.17, 15) is 8.78 Å². The molecular weight excluding hydrogens is 236 g/mol. The van der Waals surface area contributed by atoms with Crippen molar-refractivity contribution in [1.29, 1.82) is 0 Å². The first-order valence-electron chi connectivity index (χ1n) is 5.80. The number of rotatable bonds is 4. The standard InChI is InChI=1S/C13H15F2N3/c1-3-12-9(8-18(2)17-12)7-16-13-6-10(14)4-5-11(13)15/h4-6,8,16H,3,7H2,1-2H3. The zero-order valence-electron chi connectivity index (χ0n) is 10.4. The summed E-state index contributed by atoms with van der Waals surface area (Å²) in [5.74, 6) is -0.917. The highest BCUT2D eigenvalue weighted by Crippen LogP contribution is 2.17. The van der Waals surface area contributed by atoms with Crippen LogP contribution in [0.3, 0.4) is 0 Å². The minimum Gasteiger partial charge on any atom is -0.378 e. The first-order chi connectivity index (χ1) is 8.60. The molecule has 2 aromatic rings. The van der Waals surface area contributed by atoms with E-state index in [1.807, 2.05) is 20.2 Å². The topological polar surface area (TPSA) is 29.9 Å². The van der Waals surface area contributed by atoms with Gasteiger partial charge in [0.05, 0.1) is 11.4 Å². The molecule has 0 atom stereocenters. The minimum atomic E-state index is -0.460. The smallest absolute Gasteiger partial charge is 0.146 e. The molecule has 1 heterocycles. The van der Waals surface area contributed by atoms with E-state index in [0.717, 1.165) is 35.9 Å². The quantitative estimate of drug-likeness (QED) is 0.905. The molecule has 0 spiro atoms. The predicted molar refractivity (Wildman–Crippen MR) is 66.3 cm³/mol. The lowest BCUT2D eigenvalue weighted by Crippen LogP contribution is -2.03. The van der Waals surface area contributed by atoms with Gasteiger partial charge in [0.1, 0.15) is 11.6 Å². The maximum absolute atomic E-state index is 13.4. The molecule has 3 nitrogen and oxygen atoms in total. The second kappa shape index (κ2) is 5.16. The SMILES string of the molecule is CCc1nn(C)cc1CNc1cc(F)ccc1F. The third-order valence-electron chi connectivity index (χ3n) is 2.72. The second-order valence-electron chi connectivity index (χ2n) is 4.11. The molecule has 0 bridgehead atoms. The molecule has 1 aromatic heterocycles. The number of hydrogen-bond donors (Lipinski definition) is 1. The summed E-state index contributed by atoms with van der Waals surface area (Å²) in [5.41, 5.74) is 2.12. The lowest BCUT2D eigenvalue weighted by Gasteiger charge is -2.07. The average Bonchev–Trinajstić information content (AvgIpc) is 2.71. The average molecular weight is 251 g/mol. The lowest BCUT2D eigenvalue weighted by molar-refractivity contribution is 0.602. The maximum Gasteiger partial charge on any atom is 0.146 e. The van der Waals surface area contributed by atoms with E-state index in [1.54, 1.807) is 4.68 Å². The Kier molecular flexibility index (Phi) is 3.60. The fraction of sp³-hybridized carbons (Fsp3) is 0.308. The van der Waals surface area contributed by atoms with Crippen molar-refractivity contribution >= 4 is 5.69 Å². The third kappa shape index (κ3) is 2.67. The Morgan fingerprint density at radius 2 is 2.11 bits per heavy atom. The van der Waals surface area contributed by atoms with Gasteiger partial charge in [-0.25, -0.2) is 8.78 Å². The van der Waals surface area contributed by atoms with Crippen LogP contribution in [0.2, 0.25) is 0 Å². The van der Waals surface area contributed by atoms with E-state index in [0.29, 0.717) is 6.54 Å². The van der Waals surface area contributed by atoms with Gasteiger partial charge < -0.3 is 5.32 Å². The highest BCUT2D eigenvalue weighted by Gasteiger charge is 2.08. The zero-order chi connectivity index (χ0) is 13.1. The summed E-state index contributed by atoms with van der Waals surface area (Å²) in [6.45, 7) is 2.44. The van der Waals surface area contributed by atoms with Gasteiger partial charge in [-0.05, 0) is 24.6 Å². The molecule has 2 rings (SSSR count). The van der Waals surface area contributed by atoms with Gasteiger partial charge in [0, 0.05) is 25.4 Å². The fourth-order valence-electron chi connectivity index (χ4n) is 1.85. The van der Waals surface area contributed by atoms with Crippen LogP contribution >= 0.6 is 0 Å². The Hall–Kier alpha value is -1.91. The van der Waals surface area contributed by atoms with Crippen LogP contribution in [0.4, 0.5) is 14.5 Å². The number of nitrogens with zero attached hydrogens (tertiary/aromatic N) is 2. The Balaban J connectivity index is 2.13. The summed E-state index contributed by atoms with van der Waals surface area (Å²) in [4.78, 5) is 0. The molecule has 0 amide bonds. The van der Waals surface area contributed by atoms with E-state index in [4.69, 9.17) is 0 Å². The molecule has 1 N–H and O–H groups in total. The molecule has 0 aliphatic heterocycles. The number of aromatic nitrogens is 2. The molecule has 5 heteroatoms. The summed E-state index contributed by atoms with van der Waals surface area (Å²) >= 11 is 0. The number of aryl methyl sites for hydroxylation is 2. The van der Waals surface area contributed by atoms with Crippen molar-refractivity contribution in [3.05, 3.63) is 47.3 Å². The zero-order valence-corrected chi connectivity index (χ0v) is 10.4. The van der Waals surface area contributed by atoms with Crippen LogP contribution in [-0.2, 0) is 20.0 Å². The van der Waals surface area contributed by atoms with Crippen LogP contribution in [0.1, 0.15) is 18.2 Å². The van der Waals surface area contributed by atoms with Crippen molar-refractivity contribution in [2.24, 2.45) is 7.05 Å². The van der Waals surface area contributed by atoms with Gasteiger partial charge in [0.25, 0.3) is 0 Å². The van der Waals surface area contributed by atoms with Crippen molar-refractivity contribution in [2.45, 2.75) is 19.9 Å². The predicted octanol–water partition coefficient (Wildman–Crippen LogP) is 2.87.